The van der Waals surface area contributed by atoms with Crippen LogP contribution in [0.1, 0.15) is 29.3 Å². The second-order valence-electron chi connectivity index (χ2n) is 5.49. The summed E-state index contributed by atoms with van der Waals surface area (Å²) in [5.74, 6) is 0.464. The first kappa shape index (κ1) is 19.0. The van der Waals surface area contributed by atoms with Gasteiger partial charge in [-0.15, -0.1) is 0 Å². The molecule has 2 N–H and O–H groups in total. The number of hydrogen-bond acceptors (Lipinski definition) is 3. The molecule has 2 aromatic carbocycles. The quantitative estimate of drug-likeness (QED) is 0.737. The number of halogens is 1. The van der Waals surface area contributed by atoms with Crippen molar-refractivity contribution in [3.63, 3.8) is 0 Å². The second-order valence-corrected chi connectivity index (χ2v) is 6.35. The fourth-order valence-corrected chi connectivity index (χ4v) is 2.65. The average molecular weight is 405 g/mol. The molecule has 0 unspecified atom stereocenters. The van der Waals surface area contributed by atoms with Crippen LogP contribution in [0.4, 0.5) is 5.69 Å². The fraction of sp³-hybridized carbons (Fsp3) is 0.263. The van der Waals surface area contributed by atoms with Gasteiger partial charge in [-0.05, 0) is 58.2 Å². The van der Waals surface area contributed by atoms with Crippen LogP contribution in [-0.4, -0.2) is 25.5 Å². The predicted octanol–water partition coefficient (Wildman–Crippen LogP) is 3.78. The van der Waals surface area contributed by atoms with Gasteiger partial charge in [-0.2, -0.15) is 0 Å². The summed E-state index contributed by atoms with van der Waals surface area (Å²) in [7, 11) is 1.60. The van der Waals surface area contributed by atoms with Gasteiger partial charge < -0.3 is 15.4 Å². The van der Waals surface area contributed by atoms with Gasteiger partial charge in [0.15, 0.2) is 0 Å². The molecule has 0 aliphatic heterocycles. The summed E-state index contributed by atoms with van der Waals surface area (Å²) in [6, 6.07) is 12.4. The minimum absolute atomic E-state index is 0.0491. The Morgan fingerprint density at radius 3 is 2.44 bits per heavy atom. The lowest BCUT2D eigenvalue weighted by molar-refractivity contribution is -0.119. The number of carbonyl (C=O) groups is 2. The van der Waals surface area contributed by atoms with Gasteiger partial charge in [-0.25, -0.2) is 0 Å². The van der Waals surface area contributed by atoms with Crippen molar-refractivity contribution in [1.82, 2.24) is 5.32 Å². The molecule has 0 saturated carbocycles. The molecule has 2 aromatic rings. The van der Waals surface area contributed by atoms with Crippen LogP contribution in [0.5, 0.6) is 5.75 Å². The van der Waals surface area contributed by atoms with Gasteiger partial charge in [-0.1, -0.05) is 19.1 Å². The number of carbonyl (C=O) groups excluding carboxylic acids is 2. The number of anilines is 1. The summed E-state index contributed by atoms with van der Waals surface area (Å²) in [6.07, 6.45) is 1.24. The van der Waals surface area contributed by atoms with Gasteiger partial charge in [0.2, 0.25) is 5.91 Å². The fourth-order valence-electron chi connectivity index (χ4n) is 2.15. The van der Waals surface area contributed by atoms with Crippen LogP contribution in [0, 0.1) is 0 Å². The van der Waals surface area contributed by atoms with E-state index < -0.39 is 0 Å². The number of ether oxygens (including phenoxy) is 1. The van der Waals surface area contributed by atoms with Crippen molar-refractivity contribution < 1.29 is 14.3 Å². The zero-order valence-electron chi connectivity index (χ0n) is 14.3. The van der Waals surface area contributed by atoms with Crippen LogP contribution in [0.2, 0.25) is 0 Å². The zero-order valence-corrected chi connectivity index (χ0v) is 15.9. The lowest BCUT2D eigenvalue weighted by Gasteiger charge is -2.10. The first-order valence-corrected chi connectivity index (χ1v) is 8.86. The standard InChI is InChI=1S/C19H21BrN2O3/c1-3-10-25-17-9-6-14(12-16(17)20)19(24)22-15-7-4-13(5-8-15)11-18(23)21-2/h4-9,12H,3,10-11H2,1-2H3,(H,21,23)(H,22,24). The van der Waals surface area contributed by atoms with E-state index in [0.29, 0.717) is 24.3 Å². The topological polar surface area (TPSA) is 67.4 Å². The number of amides is 2. The van der Waals surface area contributed by atoms with E-state index >= 15 is 0 Å². The molecule has 2 amide bonds. The molecule has 0 aliphatic rings. The Hall–Kier alpha value is -2.34. The monoisotopic (exact) mass is 404 g/mol. The summed E-state index contributed by atoms with van der Waals surface area (Å²) in [6.45, 7) is 2.67. The van der Waals surface area contributed by atoms with Crippen molar-refractivity contribution in [3.05, 3.63) is 58.1 Å². The third kappa shape index (κ3) is 5.60. The molecule has 0 radical (unpaired) electrons. The molecule has 0 aromatic heterocycles. The Kier molecular flexibility index (Phi) is 7.01. The van der Waals surface area contributed by atoms with Crippen molar-refractivity contribution in [3.8, 4) is 5.75 Å². The Morgan fingerprint density at radius 2 is 1.84 bits per heavy atom. The van der Waals surface area contributed by atoms with E-state index in [4.69, 9.17) is 4.74 Å². The molecule has 6 heteroatoms. The zero-order chi connectivity index (χ0) is 18.2. The van der Waals surface area contributed by atoms with Crippen molar-refractivity contribution in [2.24, 2.45) is 0 Å². The Morgan fingerprint density at radius 1 is 1.12 bits per heavy atom. The molecule has 0 saturated heterocycles. The molecule has 0 spiro atoms. The molecular weight excluding hydrogens is 384 g/mol. The van der Waals surface area contributed by atoms with Crippen LogP contribution in [0.15, 0.2) is 46.9 Å². The molecule has 0 heterocycles. The maximum Gasteiger partial charge on any atom is 0.255 e. The number of hydrogen-bond donors (Lipinski definition) is 2. The SMILES string of the molecule is CCCOc1ccc(C(=O)Nc2ccc(CC(=O)NC)cc2)cc1Br. The lowest BCUT2D eigenvalue weighted by atomic mass is 10.1. The average Bonchev–Trinajstić information content (AvgIpc) is 2.62. The maximum atomic E-state index is 12.4. The van der Waals surface area contributed by atoms with Gasteiger partial charge in [-0.3, -0.25) is 9.59 Å². The molecule has 0 fully saturated rings. The Bertz CT molecular complexity index is 745. The van der Waals surface area contributed by atoms with Crippen molar-refractivity contribution >= 4 is 33.4 Å². The smallest absolute Gasteiger partial charge is 0.255 e. The molecule has 2 rings (SSSR count). The summed E-state index contributed by atoms with van der Waals surface area (Å²) >= 11 is 3.43. The van der Waals surface area contributed by atoms with Crippen LogP contribution >= 0.6 is 15.9 Å². The molecule has 0 aliphatic carbocycles. The molecule has 5 nitrogen and oxygen atoms in total. The molecule has 132 valence electrons. The summed E-state index contributed by atoms with van der Waals surface area (Å²) < 4.78 is 6.33. The van der Waals surface area contributed by atoms with Crippen LogP contribution in [0.3, 0.4) is 0 Å². The van der Waals surface area contributed by atoms with Crippen LogP contribution < -0.4 is 15.4 Å². The lowest BCUT2D eigenvalue weighted by Crippen LogP contribution is -2.19. The number of nitrogens with one attached hydrogen (secondary N) is 2. The molecule has 0 bridgehead atoms. The van der Waals surface area contributed by atoms with Gasteiger partial charge in [0.05, 0.1) is 17.5 Å². The highest BCUT2D eigenvalue weighted by Crippen LogP contribution is 2.26. The summed E-state index contributed by atoms with van der Waals surface area (Å²) in [4.78, 5) is 23.7. The van der Waals surface area contributed by atoms with E-state index in [1.165, 1.54) is 0 Å². The third-order valence-corrected chi connectivity index (χ3v) is 4.13. The molecule has 25 heavy (non-hydrogen) atoms. The van der Waals surface area contributed by atoms with E-state index in [2.05, 4.69) is 26.6 Å². The van der Waals surface area contributed by atoms with Gasteiger partial charge >= 0.3 is 0 Å². The third-order valence-electron chi connectivity index (χ3n) is 3.51. The van der Waals surface area contributed by atoms with Gasteiger partial charge in [0.1, 0.15) is 5.75 Å². The Balaban J connectivity index is 2.01. The van der Waals surface area contributed by atoms with Crippen molar-refractivity contribution in [2.75, 3.05) is 19.0 Å². The molecule has 0 atom stereocenters. The maximum absolute atomic E-state index is 12.4. The van der Waals surface area contributed by atoms with Crippen molar-refractivity contribution in [2.45, 2.75) is 19.8 Å². The minimum Gasteiger partial charge on any atom is -0.492 e. The van der Waals surface area contributed by atoms with Crippen LogP contribution in [-0.2, 0) is 11.2 Å². The highest BCUT2D eigenvalue weighted by atomic mass is 79.9. The predicted molar refractivity (Wildman–Crippen MR) is 102 cm³/mol. The first-order valence-electron chi connectivity index (χ1n) is 8.06. The number of likely N-dealkylation sites (N-methyl/N-ethyl adjacent to an activating group) is 1. The first-order chi connectivity index (χ1) is 12.0. The van der Waals surface area contributed by atoms with Crippen molar-refractivity contribution in [1.29, 1.82) is 0 Å². The second kappa shape index (κ2) is 9.22. The number of benzene rings is 2. The summed E-state index contributed by atoms with van der Waals surface area (Å²) in [5.41, 5.74) is 2.09. The molecular formula is C19H21BrN2O3. The van der Waals surface area contributed by atoms with E-state index in [9.17, 15) is 9.59 Å². The van der Waals surface area contributed by atoms with Crippen LogP contribution in [0.25, 0.3) is 0 Å². The largest absolute Gasteiger partial charge is 0.492 e. The highest BCUT2D eigenvalue weighted by Gasteiger charge is 2.10. The number of rotatable bonds is 7. The van der Waals surface area contributed by atoms with E-state index in [0.717, 1.165) is 22.2 Å². The Labute approximate surface area is 155 Å². The van der Waals surface area contributed by atoms with Gasteiger partial charge in [0, 0.05) is 18.3 Å². The van der Waals surface area contributed by atoms with E-state index in [-0.39, 0.29) is 11.8 Å². The summed E-state index contributed by atoms with van der Waals surface area (Å²) in [5, 5.41) is 5.42. The minimum atomic E-state index is -0.207. The highest BCUT2D eigenvalue weighted by molar-refractivity contribution is 9.10. The van der Waals surface area contributed by atoms with E-state index in [1.807, 2.05) is 19.1 Å². The normalized spacial score (nSPS) is 10.2. The van der Waals surface area contributed by atoms with Gasteiger partial charge in [0.25, 0.3) is 5.91 Å². The van der Waals surface area contributed by atoms with E-state index in [1.54, 1.807) is 37.4 Å².